The summed E-state index contributed by atoms with van der Waals surface area (Å²) in [5.41, 5.74) is 0.842. The number of pyridine rings is 1. The van der Waals surface area contributed by atoms with Gasteiger partial charge in [-0.05, 0) is 19.1 Å². The van der Waals surface area contributed by atoms with Gasteiger partial charge < -0.3 is 5.11 Å². The Morgan fingerprint density at radius 2 is 2.29 bits per heavy atom. The fraction of sp³-hybridized carbons (Fsp3) is 0.545. The molecule has 1 fully saturated rings. The molecule has 0 aliphatic carbocycles. The van der Waals surface area contributed by atoms with E-state index in [2.05, 4.69) is 9.88 Å². The lowest BCUT2D eigenvalue weighted by atomic mass is 10.2. The number of sulfone groups is 1. The molecular formula is C11H16N2O3S. The minimum atomic E-state index is -2.87. The highest BCUT2D eigenvalue weighted by Crippen LogP contribution is 2.15. The van der Waals surface area contributed by atoms with Crippen molar-refractivity contribution in [2.45, 2.75) is 19.5 Å². The SMILES string of the molecule is CC1CS(=O)(=O)CCN1Cc1ccc(O)cn1. The van der Waals surface area contributed by atoms with Crippen molar-refractivity contribution < 1.29 is 13.5 Å². The van der Waals surface area contributed by atoms with Gasteiger partial charge in [0.1, 0.15) is 5.75 Å². The molecule has 17 heavy (non-hydrogen) atoms. The summed E-state index contributed by atoms with van der Waals surface area (Å²) < 4.78 is 22.9. The fourth-order valence-electron chi connectivity index (χ4n) is 1.99. The van der Waals surface area contributed by atoms with Gasteiger partial charge in [0.15, 0.2) is 9.84 Å². The zero-order valence-corrected chi connectivity index (χ0v) is 10.5. The minimum absolute atomic E-state index is 0.0179. The van der Waals surface area contributed by atoms with E-state index in [1.807, 2.05) is 6.92 Å². The number of hydrogen-bond donors (Lipinski definition) is 1. The van der Waals surface area contributed by atoms with E-state index in [4.69, 9.17) is 5.11 Å². The van der Waals surface area contributed by atoms with Crippen molar-refractivity contribution in [3.05, 3.63) is 24.0 Å². The number of aromatic nitrogens is 1. The summed E-state index contributed by atoms with van der Waals surface area (Å²) in [4.78, 5) is 6.20. The topological polar surface area (TPSA) is 70.5 Å². The van der Waals surface area contributed by atoms with Crippen LogP contribution >= 0.6 is 0 Å². The van der Waals surface area contributed by atoms with Crippen molar-refractivity contribution in [2.24, 2.45) is 0 Å². The first-order valence-electron chi connectivity index (χ1n) is 5.55. The zero-order chi connectivity index (χ0) is 12.5. The van der Waals surface area contributed by atoms with Crippen LogP contribution < -0.4 is 0 Å². The quantitative estimate of drug-likeness (QED) is 0.829. The van der Waals surface area contributed by atoms with E-state index in [1.165, 1.54) is 6.20 Å². The van der Waals surface area contributed by atoms with Crippen LogP contribution in [-0.2, 0) is 16.4 Å². The molecule has 1 aliphatic rings. The van der Waals surface area contributed by atoms with E-state index in [1.54, 1.807) is 12.1 Å². The highest BCUT2D eigenvalue weighted by molar-refractivity contribution is 7.91. The highest BCUT2D eigenvalue weighted by atomic mass is 32.2. The van der Waals surface area contributed by atoms with Crippen LogP contribution in [0.15, 0.2) is 18.3 Å². The predicted molar refractivity (Wildman–Crippen MR) is 64.4 cm³/mol. The maximum absolute atomic E-state index is 11.4. The van der Waals surface area contributed by atoms with Crippen LogP contribution in [0.4, 0.5) is 0 Å². The summed E-state index contributed by atoms with van der Waals surface area (Å²) in [6, 6.07) is 3.36. The predicted octanol–water partition coefficient (Wildman–Crippen LogP) is 0.406. The van der Waals surface area contributed by atoms with Gasteiger partial charge in [0.25, 0.3) is 0 Å². The average molecular weight is 256 g/mol. The van der Waals surface area contributed by atoms with Crippen molar-refractivity contribution >= 4 is 9.84 Å². The fourth-order valence-corrected chi connectivity index (χ4v) is 3.61. The lowest BCUT2D eigenvalue weighted by Gasteiger charge is -2.32. The molecular weight excluding hydrogens is 240 g/mol. The average Bonchev–Trinajstić information content (AvgIpc) is 2.24. The Bertz CT molecular complexity index is 484. The molecule has 1 saturated heterocycles. The molecule has 1 atom stereocenters. The maximum atomic E-state index is 11.4. The van der Waals surface area contributed by atoms with Gasteiger partial charge in [0.05, 0.1) is 23.4 Å². The van der Waals surface area contributed by atoms with Crippen LogP contribution in [0.2, 0.25) is 0 Å². The van der Waals surface area contributed by atoms with E-state index in [0.29, 0.717) is 13.1 Å². The number of hydrogen-bond acceptors (Lipinski definition) is 5. The van der Waals surface area contributed by atoms with Gasteiger partial charge in [-0.1, -0.05) is 0 Å². The first kappa shape index (κ1) is 12.3. The first-order valence-corrected chi connectivity index (χ1v) is 7.37. The summed E-state index contributed by atoms with van der Waals surface area (Å²) in [6.07, 6.45) is 1.40. The molecule has 1 unspecified atom stereocenters. The Kier molecular flexibility index (Phi) is 3.35. The van der Waals surface area contributed by atoms with Crippen LogP contribution in [0.25, 0.3) is 0 Å². The monoisotopic (exact) mass is 256 g/mol. The second kappa shape index (κ2) is 4.62. The standard InChI is InChI=1S/C11H16N2O3S/c1-9-8-17(15,16)5-4-13(9)7-10-2-3-11(14)6-12-10/h2-3,6,9,14H,4-5,7-8H2,1H3. The molecule has 6 heteroatoms. The molecule has 1 aliphatic heterocycles. The number of nitrogens with zero attached hydrogens (tertiary/aromatic N) is 2. The third kappa shape index (κ3) is 3.17. The molecule has 1 aromatic heterocycles. The van der Waals surface area contributed by atoms with Crippen LogP contribution in [0.5, 0.6) is 5.75 Å². The Balaban J connectivity index is 2.03. The lowest BCUT2D eigenvalue weighted by molar-refractivity contribution is 0.215. The van der Waals surface area contributed by atoms with Gasteiger partial charge in [-0.2, -0.15) is 0 Å². The molecule has 0 radical (unpaired) electrons. The van der Waals surface area contributed by atoms with Crippen LogP contribution in [0.1, 0.15) is 12.6 Å². The molecule has 1 aromatic rings. The van der Waals surface area contributed by atoms with Crippen LogP contribution in [0.3, 0.4) is 0 Å². The molecule has 2 heterocycles. The van der Waals surface area contributed by atoms with Crippen LogP contribution in [0, 0.1) is 0 Å². The molecule has 0 spiro atoms. The van der Waals surface area contributed by atoms with Crippen molar-refractivity contribution in [1.29, 1.82) is 0 Å². The molecule has 0 aromatic carbocycles. The molecule has 94 valence electrons. The minimum Gasteiger partial charge on any atom is -0.506 e. The van der Waals surface area contributed by atoms with Gasteiger partial charge in [0.2, 0.25) is 0 Å². The second-order valence-electron chi connectivity index (χ2n) is 4.44. The Morgan fingerprint density at radius 3 is 2.88 bits per heavy atom. The number of aromatic hydroxyl groups is 1. The number of rotatable bonds is 2. The largest absolute Gasteiger partial charge is 0.506 e. The lowest BCUT2D eigenvalue weighted by Crippen LogP contribution is -2.46. The van der Waals surface area contributed by atoms with E-state index >= 15 is 0 Å². The van der Waals surface area contributed by atoms with Gasteiger partial charge in [-0.25, -0.2) is 8.42 Å². The first-order chi connectivity index (χ1) is 7.96. The maximum Gasteiger partial charge on any atom is 0.153 e. The molecule has 1 N–H and O–H groups in total. The van der Waals surface area contributed by atoms with E-state index < -0.39 is 9.84 Å². The molecule has 0 saturated carbocycles. The smallest absolute Gasteiger partial charge is 0.153 e. The molecule has 0 bridgehead atoms. The third-order valence-corrected chi connectivity index (χ3v) is 4.78. The van der Waals surface area contributed by atoms with E-state index in [-0.39, 0.29) is 23.3 Å². The van der Waals surface area contributed by atoms with Crippen LogP contribution in [-0.4, -0.2) is 47.5 Å². The van der Waals surface area contributed by atoms with Gasteiger partial charge in [-0.15, -0.1) is 0 Å². The summed E-state index contributed by atoms with van der Waals surface area (Å²) >= 11 is 0. The third-order valence-electron chi connectivity index (χ3n) is 2.98. The van der Waals surface area contributed by atoms with E-state index in [0.717, 1.165) is 5.69 Å². The zero-order valence-electron chi connectivity index (χ0n) is 9.70. The van der Waals surface area contributed by atoms with E-state index in [9.17, 15) is 8.42 Å². The highest BCUT2D eigenvalue weighted by Gasteiger charge is 2.28. The Hall–Kier alpha value is -1.14. The van der Waals surface area contributed by atoms with Gasteiger partial charge in [-0.3, -0.25) is 9.88 Å². The van der Waals surface area contributed by atoms with Crippen molar-refractivity contribution in [2.75, 3.05) is 18.1 Å². The van der Waals surface area contributed by atoms with Crippen molar-refractivity contribution in [3.63, 3.8) is 0 Å². The van der Waals surface area contributed by atoms with Gasteiger partial charge in [0, 0.05) is 19.1 Å². The van der Waals surface area contributed by atoms with Crippen molar-refractivity contribution in [3.8, 4) is 5.75 Å². The second-order valence-corrected chi connectivity index (χ2v) is 6.67. The molecule has 0 amide bonds. The summed E-state index contributed by atoms with van der Waals surface area (Å²) in [5, 5.41) is 9.13. The van der Waals surface area contributed by atoms with Crippen molar-refractivity contribution in [1.82, 2.24) is 9.88 Å². The summed E-state index contributed by atoms with van der Waals surface area (Å²) in [5.74, 6) is 0.573. The Labute approximate surface area is 101 Å². The Morgan fingerprint density at radius 1 is 1.53 bits per heavy atom. The summed E-state index contributed by atoms with van der Waals surface area (Å²) in [7, 11) is -2.87. The van der Waals surface area contributed by atoms with Gasteiger partial charge >= 0.3 is 0 Å². The molecule has 2 rings (SSSR count). The summed E-state index contributed by atoms with van der Waals surface area (Å²) in [6.45, 7) is 3.08. The normalized spacial score (nSPS) is 24.6. The molecule has 5 nitrogen and oxygen atoms in total.